The maximum absolute atomic E-state index is 8.93. The van der Waals surface area contributed by atoms with E-state index in [1.807, 2.05) is 25.1 Å². The van der Waals surface area contributed by atoms with Crippen LogP contribution in [0.15, 0.2) is 35.1 Å². The summed E-state index contributed by atoms with van der Waals surface area (Å²) in [6, 6.07) is 5.86. The van der Waals surface area contributed by atoms with Crippen LogP contribution >= 0.6 is 0 Å². The molecule has 16 heavy (non-hydrogen) atoms. The van der Waals surface area contributed by atoms with Gasteiger partial charge in [-0.05, 0) is 30.5 Å². The molecule has 3 nitrogen and oxygen atoms in total. The summed E-state index contributed by atoms with van der Waals surface area (Å²) in [7, 11) is 0. The minimum Gasteiger partial charge on any atom is -0.472 e. The van der Waals surface area contributed by atoms with E-state index >= 15 is 0 Å². The van der Waals surface area contributed by atoms with Gasteiger partial charge in [-0.15, -0.1) is 0 Å². The largest absolute Gasteiger partial charge is 0.472 e. The fourth-order valence-corrected chi connectivity index (χ4v) is 1.83. The predicted octanol–water partition coefficient (Wildman–Crippen LogP) is 2.37. The van der Waals surface area contributed by atoms with Gasteiger partial charge in [-0.2, -0.15) is 0 Å². The molecule has 0 aliphatic carbocycles. The Labute approximate surface area is 94.5 Å². The van der Waals surface area contributed by atoms with Crippen molar-refractivity contribution in [3.05, 3.63) is 41.9 Å². The van der Waals surface area contributed by atoms with Crippen molar-refractivity contribution < 1.29 is 9.52 Å². The van der Waals surface area contributed by atoms with Crippen molar-refractivity contribution in [3.63, 3.8) is 0 Å². The van der Waals surface area contributed by atoms with E-state index in [9.17, 15) is 0 Å². The molecule has 0 saturated carbocycles. The summed E-state index contributed by atoms with van der Waals surface area (Å²) in [5.41, 5.74) is 10.9. The number of nitrogen functional groups attached to an aromatic ring is 1. The third-order valence-corrected chi connectivity index (χ3v) is 2.84. The summed E-state index contributed by atoms with van der Waals surface area (Å²) in [4.78, 5) is 0. The Balaban J connectivity index is 2.47. The van der Waals surface area contributed by atoms with Gasteiger partial charge in [-0.1, -0.05) is 12.1 Å². The van der Waals surface area contributed by atoms with E-state index in [0.29, 0.717) is 6.42 Å². The Hall–Kier alpha value is -1.74. The van der Waals surface area contributed by atoms with Crippen LogP contribution in [-0.2, 0) is 6.42 Å². The van der Waals surface area contributed by atoms with E-state index in [2.05, 4.69) is 0 Å². The first-order chi connectivity index (χ1) is 7.74. The second kappa shape index (κ2) is 4.41. The van der Waals surface area contributed by atoms with Gasteiger partial charge in [0.1, 0.15) is 0 Å². The third-order valence-electron chi connectivity index (χ3n) is 2.84. The molecule has 0 bridgehead atoms. The first-order valence-electron chi connectivity index (χ1n) is 5.25. The quantitative estimate of drug-likeness (QED) is 0.776. The van der Waals surface area contributed by atoms with E-state index in [4.69, 9.17) is 15.3 Å². The van der Waals surface area contributed by atoms with E-state index in [1.54, 1.807) is 12.5 Å². The molecule has 0 fully saturated rings. The molecule has 0 atom stereocenters. The Morgan fingerprint density at radius 1 is 1.31 bits per heavy atom. The molecule has 0 amide bonds. The van der Waals surface area contributed by atoms with Crippen LogP contribution in [0.3, 0.4) is 0 Å². The fourth-order valence-electron chi connectivity index (χ4n) is 1.83. The Morgan fingerprint density at radius 2 is 2.12 bits per heavy atom. The standard InChI is InChI=1S/C13H15NO2/c1-9-10(4-6-15)2-3-12(13(9)14)11-5-7-16-8-11/h2-3,5,7-8,15H,4,6,14H2,1H3. The number of benzene rings is 1. The number of anilines is 1. The second-order valence-corrected chi connectivity index (χ2v) is 3.80. The van der Waals surface area contributed by atoms with Crippen molar-refractivity contribution in [2.24, 2.45) is 0 Å². The van der Waals surface area contributed by atoms with Crippen LogP contribution in [-0.4, -0.2) is 11.7 Å². The van der Waals surface area contributed by atoms with Crippen LogP contribution in [0.2, 0.25) is 0 Å². The van der Waals surface area contributed by atoms with Crippen molar-refractivity contribution in [1.29, 1.82) is 0 Å². The number of nitrogens with two attached hydrogens (primary N) is 1. The number of hydrogen-bond donors (Lipinski definition) is 2. The molecule has 1 heterocycles. The van der Waals surface area contributed by atoms with Crippen LogP contribution < -0.4 is 5.73 Å². The summed E-state index contributed by atoms with van der Waals surface area (Å²) in [6.45, 7) is 2.12. The summed E-state index contributed by atoms with van der Waals surface area (Å²) in [5, 5.41) is 8.93. The van der Waals surface area contributed by atoms with Crippen molar-refractivity contribution in [2.45, 2.75) is 13.3 Å². The fraction of sp³-hybridized carbons (Fsp3) is 0.231. The van der Waals surface area contributed by atoms with Crippen molar-refractivity contribution in [2.75, 3.05) is 12.3 Å². The summed E-state index contributed by atoms with van der Waals surface area (Å²) in [5.74, 6) is 0. The lowest BCUT2D eigenvalue weighted by Crippen LogP contribution is -2.00. The van der Waals surface area contributed by atoms with Gasteiger partial charge in [0, 0.05) is 23.4 Å². The summed E-state index contributed by atoms with van der Waals surface area (Å²) in [6.07, 6.45) is 3.95. The lowest BCUT2D eigenvalue weighted by atomic mass is 9.97. The number of aliphatic hydroxyl groups excluding tert-OH is 1. The molecule has 0 unspecified atom stereocenters. The molecule has 84 valence electrons. The van der Waals surface area contributed by atoms with Crippen LogP contribution in [0.25, 0.3) is 11.1 Å². The van der Waals surface area contributed by atoms with Crippen molar-refractivity contribution in [3.8, 4) is 11.1 Å². The monoisotopic (exact) mass is 217 g/mol. The average Bonchev–Trinajstić information content (AvgIpc) is 2.79. The minimum atomic E-state index is 0.144. The van der Waals surface area contributed by atoms with Gasteiger partial charge >= 0.3 is 0 Å². The lowest BCUT2D eigenvalue weighted by Gasteiger charge is -2.11. The summed E-state index contributed by atoms with van der Waals surface area (Å²) < 4.78 is 5.05. The maximum atomic E-state index is 8.93. The van der Waals surface area contributed by atoms with Gasteiger partial charge < -0.3 is 15.3 Å². The highest BCUT2D eigenvalue weighted by atomic mass is 16.3. The molecule has 2 rings (SSSR count). The Bertz CT molecular complexity index is 475. The molecule has 1 aromatic heterocycles. The zero-order valence-corrected chi connectivity index (χ0v) is 9.23. The van der Waals surface area contributed by atoms with E-state index in [0.717, 1.165) is 27.9 Å². The van der Waals surface area contributed by atoms with Gasteiger partial charge in [0.15, 0.2) is 0 Å². The molecule has 2 aromatic rings. The maximum Gasteiger partial charge on any atom is 0.0981 e. The van der Waals surface area contributed by atoms with Crippen LogP contribution in [0, 0.1) is 6.92 Å². The molecule has 1 aromatic carbocycles. The molecule has 0 saturated heterocycles. The second-order valence-electron chi connectivity index (χ2n) is 3.80. The molecule has 3 N–H and O–H groups in total. The molecular formula is C13H15NO2. The van der Waals surface area contributed by atoms with E-state index in [-0.39, 0.29) is 6.61 Å². The SMILES string of the molecule is Cc1c(CCO)ccc(-c2ccoc2)c1N. The average molecular weight is 217 g/mol. The zero-order chi connectivity index (χ0) is 11.5. The highest BCUT2D eigenvalue weighted by Gasteiger charge is 2.09. The first-order valence-corrected chi connectivity index (χ1v) is 5.25. The lowest BCUT2D eigenvalue weighted by molar-refractivity contribution is 0.299. The third kappa shape index (κ3) is 1.82. The van der Waals surface area contributed by atoms with Gasteiger partial charge in [-0.3, -0.25) is 0 Å². The predicted molar refractivity (Wildman–Crippen MR) is 64.1 cm³/mol. The number of hydrogen-bond acceptors (Lipinski definition) is 3. The number of aliphatic hydroxyl groups is 1. The smallest absolute Gasteiger partial charge is 0.0981 e. The number of furan rings is 1. The highest BCUT2D eigenvalue weighted by Crippen LogP contribution is 2.30. The molecular weight excluding hydrogens is 202 g/mol. The van der Waals surface area contributed by atoms with Gasteiger partial charge in [0.2, 0.25) is 0 Å². The van der Waals surface area contributed by atoms with Gasteiger partial charge in [-0.25, -0.2) is 0 Å². The summed E-state index contributed by atoms with van der Waals surface area (Å²) >= 11 is 0. The Morgan fingerprint density at radius 3 is 2.75 bits per heavy atom. The number of rotatable bonds is 3. The molecule has 0 aliphatic heterocycles. The van der Waals surface area contributed by atoms with E-state index < -0.39 is 0 Å². The highest BCUT2D eigenvalue weighted by molar-refractivity contribution is 5.78. The topological polar surface area (TPSA) is 59.4 Å². The van der Waals surface area contributed by atoms with Crippen molar-refractivity contribution in [1.82, 2.24) is 0 Å². The van der Waals surface area contributed by atoms with E-state index in [1.165, 1.54) is 0 Å². The molecule has 3 heteroatoms. The molecule has 0 aliphatic rings. The minimum absolute atomic E-state index is 0.144. The van der Waals surface area contributed by atoms with Gasteiger partial charge in [0.05, 0.1) is 12.5 Å². The first kappa shape index (κ1) is 10.8. The zero-order valence-electron chi connectivity index (χ0n) is 9.23. The Kier molecular flexibility index (Phi) is 2.97. The van der Waals surface area contributed by atoms with Crippen molar-refractivity contribution >= 4 is 5.69 Å². The van der Waals surface area contributed by atoms with Crippen LogP contribution in [0.1, 0.15) is 11.1 Å². The molecule has 0 spiro atoms. The molecule has 0 radical (unpaired) electrons. The normalized spacial score (nSPS) is 10.6. The van der Waals surface area contributed by atoms with Crippen LogP contribution in [0.4, 0.5) is 5.69 Å². The van der Waals surface area contributed by atoms with Crippen LogP contribution in [0.5, 0.6) is 0 Å². The van der Waals surface area contributed by atoms with Gasteiger partial charge in [0.25, 0.3) is 0 Å².